The van der Waals surface area contributed by atoms with Gasteiger partial charge in [-0.15, -0.1) is 0 Å². The maximum Gasteiger partial charge on any atom is 0.326 e. The number of hydrogen-bond donors (Lipinski definition) is 1. The summed E-state index contributed by atoms with van der Waals surface area (Å²) in [6, 6.07) is 0.542. The van der Waals surface area contributed by atoms with Gasteiger partial charge in [-0.1, -0.05) is 13.8 Å². The van der Waals surface area contributed by atoms with Gasteiger partial charge in [0.15, 0.2) is 0 Å². The third-order valence-corrected chi connectivity index (χ3v) is 3.97. The van der Waals surface area contributed by atoms with Crippen LogP contribution < -0.4 is 5.32 Å². The molecule has 0 atom stereocenters. The lowest BCUT2D eigenvalue weighted by Gasteiger charge is -2.41. The van der Waals surface area contributed by atoms with Crippen molar-refractivity contribution in [3.05, 3.63) is 0 Å². The zero-order chi connectivity index (χ0) is 13.2. The first-order valence-corrected chi connectivity index (χ1v) is 7.14. The van der Waals surface area contributed by atoms with Crippen molar-refractivity contribution in [3.8, 4) is 0 Å². The molecule has 0 aromatic rings. The number of methoxy groups -OCH3 is 1. The molecule has 104 valence electrons. The predicted molar refractivity (Wildman–Crippen MR) is 71.4 cm³/mol. The van der Waals surface area contributed by atoms with Crippen molar-refractivity contribution in [1.82, 2.24) is 10.2 Å². The first-order valence-electron chi connectivity index (χ1n) is 7.14. The first kappa shape index (κ1) is 13.8. The van der Waals surface area contributed by atoms with Gasteiger partial charge in [-0.25, -0.2) is 0 Å². The van der Waals surface area contributed by atoms with Crippen LogP contribution in [-0.4, -0.2) is 49.2 Å². The molecular weight excluding hydrogens is 228 g/mol. The standard InChI is InChI=1S/C14H26N2O2/c1-11(2)10-16-8-6-14(7-9-16,13(17)18-3)15-12-4-5-12/h11-12,15H,4-10H2,1-3H3. The summed E-state index contributed by atoms with van der Waals surface area (Å²) in [7, 11) is 1.50. The van der Waals surface area contributed by atoms with Crippen molar-refractivity contribution in [3.63, 3.8) is 0 Å². The van der Waals surface area contributed by atoms with Crippen LogP contribution in [0.3, 0.4) is 0 Å². The van der Waals surface area contributed by atoms with Crippen LogP contribution in [0.5, 0.6) is 0 Å². The van der Waals surface area contributed by atoms with Crippen molar-refractivity contribution in [1.29, 1.82) is 0 Å². The number of piperidine rings is 1. The van der Waals surface area contributed by atoms with Crippen molar-refractivity contribution < 1.29 is 9.53 Å². The predicted octanol–water partition coefficient (Wildman–Crippen LogP) is 1.40. The number of hydrogen-bond acceptors (Lipinski definition) is 4. The van der Waals surface area contributed by atoms with Crippen molar-refractivity contribution >= 4 is 5.97 Å². The third kappa shape index (κ3) is 3.23. The second kappa shape index (κ2) is 5.57. The Morgan fingerprint density at radius 1 is 1.39 bits per heavy atom. The molecular formula is C14H26N2O2. The third-order valence-electron chi connectivity index (χ3n) is 3.97. The zero-order valence-electron chi connectivity index (χ0n) is 11.9. The molecule has 1 saturated heterocycles. The Bertz CT molecular complexity index is 292. The Morgan fingerprint density at radius 2 is 2.00 bits per heavy atom. The second-order valence-electron chi connectivity index (χ2n) is 6.19. The van der Waals surface area contributed by atoms with Crippen LogP contribution in [0.2, 0.25) is 0 Å². The Balaban J connectivity index is 1.93. The lowest BCUT2D eigenvalue weighted by atomic mass is 9.87. The van der Waals surface area contributed by atoms with Gasteiger partial charge < -0.3 is 9.64 Å². The number of carbonyl (C=O) groups is 1. The van der Waals surface area contributed by atoms with Crippen LogP contribution in [-0.2, 0) is 9.53 Å². The zero-order valence-corrected chi connectivity index (χ0v) is 11.9. The Morgan fingerprint density at radius 3 is 2.44 bits per heavy atom. The molecule has 0 bridgehead atoms. The number of esters is 1. The lowest BCUT2D eigenvalue weighted by molar-refractivity contribution is -0.151. The summed E-state index contributed by atoms with van der Waals surface area (Å²) in [6.45, 7) is 7.59. The summed E-state index contributed by atoms with van der Waals surface area (Å²) < 4.78 is 5.02. The first-order chi connectivity index (χ1) is 8.55. The average molecular weight is 254 g/mol. The minimum Gasteiger partial charge on any atom is -0.468 e. The van der Waals surface area contributed by atoms with Crippen LogP contribution in [0.15, 0.2) is 0 Å². The van der Waals surface area contributed by atoms with Gasteiger partial charge in [0.25, 0.3) is 0 Å². The number of carbonyl (C=O) groups excluding carboxylic acids is 1. The van der Waals surface area contributed by atoms with Crippen LogP contribution in [0.4, 0.5) is 0 Å². The molecule has 1 aliphatic carbocycles. The minimum atomic E-state index is -0.413. The highest BCUT2D eigenvalue weighted by Crippen LogP contribution is 2.30. The van der Waals surface area contributed by atoms with Gasteiger partial charge in [0.05, 0.1) is 7.11 Å². The molecule has 0 aromatic heterocycles. The van der Waals surface area contributed by atoms with Crippen molar-refractivity contribution in [2.45, 2.75) is 51.1 Å². The molecule has 4 nitrogen and oxygen atoms in total. The average Bonchev–Trinajstić information content (AvgIpc) is 3.14. The molecule has 2 aliphatic rings. The highest BCUT2D eigenvalue weighted by Gasteiger charge is 2.45. The van der Waals surface area contributed by atoms with E-state index >= 15 is 0 Å². The van der Waals surface area contributed by atoms with Crippen LogP contribution in [0.25, 0.3) is 0 Å². The molecule has 1 aliphatic heterocycles. The van der Waals surface area contributed by atoms with E-state index in [2.05, 4.69) is 24.1 Å². The van der Waals surface area contributed by atoms with Gasteiger partial charge >= 0.3 is 5.97 Å². The summed E-state index contributed by atoms with van der Waals surface area (Å²) in [5.74, 6) is 0.616. The van der Waals surface area contributed by atoms with Crippen molar-refractivity contribution in [2.75, 3.05) is 26.7 Å². The van der Waals surface area contributed by atoms with Crippen LogP contribution in [0, 0.1) is 5.92 Å². The number of likely N-dealkylation sites (tertiary alicyclic amines) is 1. The highest BCUT2D eigenvalue weighted by molar-refractivity contribution is 5.81. The quantitative estimate of drug-likeness (QED) is 0.753. The normalized spacial score (nSPS) is 24.2. The van der Waals surface area contributed by atoms with Gasteiger partial charge in [-0.05, 0) is 31.6 Å². The molecule has 2 fully saturated rings. The molecule has 4 heteroatoms. The lowest BCUT2D eigenvalue weighted by Crippen LogP contribution is -2.59. The summed E-state index contributed by atoms with van der Waals surface area (Å²) in [6.07, 6.45) is 4.16. The SMILES string of the molecule is COC(=O)C1(NC2CC2)CCN(CC(C)C)CC1. The summed E-state index contributed by atoms with van der Waals surface area (Å²) in [5.41, 5.74) is -0.413. The van der Waals surface area contributed by atoms with E-state index in [-0.39, 0.29) is 5.97 Å². The highest BCUT2D eigenvalue weighted by atomic mass is 16.5. The number of nitrogens with one attached hydrogen (secondary N) is 1. The van der Waals surface area contributed by atoms with E-state index in [4.69, 9.17) is 4.74 Å². The van der Waals surface area contributed by atoms with Gasteiger partial charge in [0.2, 0.25) is 0 Å². The van der Waals surface area contributed by atoms with Gasteiger partial charge in [-0.3, -0.25) is 10.1 Å². The van der Waals surface area contributed by atoms with E-state index in [1.807, 2.05) is 0 Å². The van der Waals surface area contributed by atoms with E-state index < -0.39 is 5.54 Å². The molecule has 1 saturated carbocycles. The Kier molecular flexibility index (Phi) is 4.28. The smallest absolute Gasteiger partial charge is 0.326 e. The molecule has 0 amide bonds. The molecule has 1 N–H and O–H groups in total. The number of rotatable bonds is 5. The van der Waals surface area contributed by atoms with E-state index in [0.29, 0.717) is 12.0 Å². The summed E-state index contributed by atoms with van der Waals surface area (Å²) in [4.78, 5) is 14.5. The van der Waals surface area contributed by atoms with E-state index in [1.54, 1.807) is 0 Å². The number of ether oxygens (including phenoxy) is 1. The molecule has 2 rings (SSSR count). The maximum absolute atomic E-state index is 12.1. The largest absolute Gasteiger partial charge is 0.468 e. The van der Waals surface area contributed by atoms with Crippen LogP contribution >= 0.6 is 0 Å². The molecule has 0 unspecified atom stereocenters. The monoisotopic (exact) mass is 254 g/mol. The van der Waals surface area contributed by atoms with E-state index in [1.165, 1.54) is 20.0 Å². The Labute approximate surface area is 110 Å². The molecule has 0 radical (unpaired) electrons. The molecule has 0 spiro atoms. The Hall–Kier alpha value is -0.610. The van der Waals surface area contributed by atoms with Gasteiger partial charge in [0.1, 0.15) is 5.54 Å². The minimum absolute atomic E-state index is 0.0707. The van der Waals surface area contributed by atoms with E-state index in [0.717, 1.165) is 32.5 Å². The van der Waals surface area contributed by atoms with Crippen molar-refractivity contribution in [2.24, 2.45) is 5.92 Å². The van der Waals surface area contributed by atoms with Gasteiger partial charge in [0, 0.05) is 25.7 Å². The fourth-order valence-electron chi connectivity index (χ4n) is 2.85. The fourth-order valence-corrected chi connectivity index (χ4v) is 2.85. The summed E-state index contributed by atoms with van der Waals surface area (Å²) in [5, 5.41) is 3.53. The number of nitrogens with zero attached hydrogens (tertiary/aromatic N) is 1. The second-order valence-corrected chi connectivity index (χ2v) is 6.19. The molecule has 18 heavy (non-hydrogen) atoms. The van der Waals surface area contributed by atoms with Gasteiger partial charge in [-0.2, -0.15) is 0 Å². The topological polar surface area (TPSA) is 41.6 Å². The van der Waals surface area contributed by atoms with E-state index in [9.17, 15) is 4.79 Å². The molecule has 0 aromatic carbocycles. The maximum atomic E-state index is 12.1. The summed E-state index contributed by atoms with van der Waals surface area (Å²) >= 11 is 0. The van der Waals surface area contributed by atoms with Crippen LogP contribution in [0.1, 0.15) is 39.5 Å². The molecule has 1 heterocycles. The fraction of sp³-hybridized carbons (Fsp3) is 0.929.